The highest BCUT2D eigenvalue weighted by Gasteiger charge is 2.16. The number of fused-ring (bicyclic) bond motifs is 1. The maximum Gasteiger partial charge on any atom is 0.271 e. The zero-order valence-electron chi connectivity index (χ0n) is 13.7. The number of benzene rings is 1. The van der Waals surface area contributed by atoms with E-state index in [4.69, 9.17) is 13.9 Å². The van der Waals surface area contributed by atoms with Crippen molar-refractivity contribution in [2.75, 3.05) is 24.8 Å². The van der Waals surface area contributed by atoms with Gasteiger partial charge in [-0.15, -0.1) is 0 Å². The molecule has 2 aromatic rings. The summed E-state index contributed by atoms with van der Waals surface area (Å²) in [7, 11) is 0. The molecule has 7 nitrogen and oxygen atoms in total. The molecule has 0 unspecified atom stereocenters. The summed E-state index contributed by atoms with van der Waals surface area (Å²) in [5.74, 6) is 2.34. The van der Waals surface area contributed by atoms with Crippen LogP contribution in [0.15, 0.2) is 39.9 Å². The highest BCUT2D eigenvalue weighted by molar-refractivity contribution is 5.95. The van der Waals surface area contributed by atoms with E-state index in [1.54, 1.807) is 18.2 Å². The van der Waals surface area contributed by atoms with Crippen molar-refractivity contribution < 1.29 is 18.7 Å². The fraction of sp³-hybridized carbons (Fsp3) is 0.333. The third-order valence-corrected chi connectivity index (χ3v) is 4.27. The molecule has 25 heavy (non-hydrogen) atoms. The molecule has 0 bridgehead atoms. The standard InChI is InChI=1S/C18H19N3O4/c22-18(13-4-6-15-16(10-13)24-12-23-15)20-19-11-14-5-7-17(25-14)21-8-2-1-3-9-21/h4-7,10-11H,1-3,8-9,12H2,(H,20,22)/b19-11-. The topological polar surface area (TPSA) is 76.3 Å². The van der Waals surface area contributed by atoms with Gasteiger partial charge in [-0.25, -0.2) is 5.43 Å². The Hall–Kier alpha value is -2.96. The second-order valence-electron chi connectivity index (χ2n) is 5.99. The van der Waals surface area contributed by atoms with E-state index in [1.165, 1.54) is 25.5 Å². The average molecular weight is 341 g/mol. The summed E-state index contributed by atoms with van der Waals surface area (Å²) >= 11 is 0. The SMILES string of the molecule is O=C(N/N=C\c1ccc(N2CCCCC2)o1)c1ccc2c(c1)OCO2. The Morgan fingerprint density at radius 2 is 1.92 bits per heavy atom. The highest BCUT2D eigenvalue weighted by Crippen LogP contribution is 2.32. The predicted molar refractivity (Wildman–Crippen MR) is 92.4 cm³/mol. The second-order valence-corrected chi connectivity index (χ2v) is 5.99. The van der Waals surface area contributed by atoms with Crippen LogP contribution in [0.4, 0.5) is 5.88 Å². The number of rotatable bonds is 4. The maximum absolute atomic E-state index is 12.1. The van der Waals surface area contributed by atoms with Crippen molar-refractivity contribution >= 4 is 18.0 Å². The first kappa shape index (κ1) is 15.6. The molecule has 0 atom stereocenters. The minimum Gasteiger partial charge on any atom is -0.454 e. The van der Waals surface area contributed by atoms with Crippen molar-refractivity contribution in [2.24, 2.45) is 5.10 Å². The zero-order valence-corrected chi connectivity index (χ0v) is 13.7. The molecule has 4 rings (SSSR count). The molecule has 1 fully saturated rings. The minimum atomic E-state index is -0.322. The Morgan fingerprint density at radius 1 is 1.08 bits per heavy atom. The number of hydrazone groups is 1. The van der Waals surface area contributed by atoms with Crippen molar-refractivity contribution in [3.8, 4) is 11.5 Å². The molecule has 0 radical (unpaired) electrons. The lowest BCUT2D eigenvalue weighted by atomic mass is 10.1. The van der Waals surface area contributed by atoms with E-state index in [-0.39, 0.29) is 12.7 Å². The van der Waals surface area contributed by atoms with Gasteiger partial charge < -0.3 is 18.8 Å². The minimum absolute atomic E-state index is 0.177. The van der Waals surface area contributed by atoms with Crippen LogP contribution in [0.3, 0.4) is 0 Å². The van der Waals surface area contributed by atoms with Crippen LogP contribution >= 0.6 is 0 Å². The van der Waals surface area contributed by atoms with Gasteiger partial charge >= 0.3 is 0 Å². The summed E-state index contributed by atoms with van der Waals surface area (Å²) in [6.45, 7) is 2.21. The highest BCUT2D eigenvalue weighted by atomic mass is 16.7. The summed E-state index contributed by atoms with van der Waals surface area (Å²) in [5, 5.41) is 3.96. The summed E-state index contributed by atoms with van der Waals surface area (Å²) in [4.78, 5) is 14.4. The van der Waals surface area contributed by atoms with Crippen molar-refractivity contribution in [1.82, 2.24) is 5.43 Å². The number of carbonyl (C=O) groups is 1. The van der Waals surface area contributed by atoms with Gasteiger partial charge in [0.2, 0.25) is 6.79 Å². The summed E-state index contributed by atoms with van der Waals surface area (Å²) in [6, 6.07) is 8.79. The van der Waals surface area contributed by atoms with E-state index >= 15 is 0 Å². The molecule has 7 heteroatoms. The van der Waals surface area contributed by atoms with E-state index in [0.29, 0.717) is 22.8 Å². The zero-order chi connectivity index (χ0) is 17.1. The molecule has 0 saturated carbocycles. The van der Waals surface area contributed by atoms with Gasteiger partial charge in [0.1, 0.15) is 5.76 Å². The van der Waals surface area contributed by atoms with Gasteiger partial charge in [-0.3, -0.25) is 4.79 Å². The largest absolute Gasteiger partial charge is 0.454 e. The number of ether oxygens (including phenoxy) is 2. The lowest BCUT2D eigenvalue weighted by molar-refractivity contribution is 0.0954. The van der Waals surface area contributed by atoms with Crippen molar-refractivity contribution in [3.63, 3.8) is 0 Å². The van der Waals surface area contributed by atoms with Crippen LogP contribution in [-0.2, 0) is 0 Å². The van der Waals surface area contributed by atoms with Gasteiger partial charge in [0.05, 0.1) is 6.21 Å². The summed E-state index contributed by atoms with van der Waals surface area (Å²) < 4.78 is 16.2. The number of hydrogen-bond donors (Lipinski definition) is 1. The van der Waals surface area contributed by atoms with Gasteiger partial charge in [-0.05, 0) is 43.5 Å². The first-order chi connectivity index (χ1) is 12.3. The molecular weight excluding hydrogens is 322 g/mol. The van der Waals surface area contributed by atoms with Crippen molar-refractivity contribution in [3.05, 3.63) is 41.7 Å². The Morgan fingerprint density at radius 3 is 2.80 bits per heavy atom. The number of amides is 1. The molecule has 2 aliphatic rings. The van der Waals surface area contributed by atoms with E-state index < -0.39 is 0 Å². The fourth-order valence-electron chi connectivity index (χ4n) is 2.95. The van der Waals surface area contributed by atoms with E-state index in [1.807, 2.05) is 12.1 Å². The average Bonchev–Trinajstić information content (AvgIpc) is 3.31. The van der Waals surface area contributed by atoms with Gasteiger partial charge in [0.15, 0.2) is 17.4 Å². The van der Waals surface area contributed by atoms with Gasteiger partial charge in [0, 0.05) is 24.7 Å². The van der Waals surface area contributed by atoms with Gasteiger partial charge in [0.25, 0.3) is 5.91 Å². The molecule has 1 aromatic heterocycles. The molecule has 1 aromatic carbocycles. The molecule has 2 aliphatic heterocycles. The Kier molecular flexibility index (Phi) is 4.28. The Balaban J connectivity index is 1.36. The molecule has 1 amide bonds. The monoisotopic (exact) mass is 341 g/mol. The number of anilines is 1. The van der Waals surface area contributed by atoms with Crippen LogP contribution < -0.4 is 19.8 Å². The van der Waals surface area contributed by atoms with Crippen LogP contribution in [0.5, 0.6) is 11.5 Å². The Bertz CT molecular complexity index is 793. The summed E-state index contributed by atoms with van der Waals surface area (Å²) in [6.07, 6.45) is 5.15. The van der Waals surface area contributed by atoms with Crippen LogP contribution in [0.1, 0.15) is 35.4 Å². The number of nitrogens with zero attached hydrogens (tertiary/aromatic N) is 2. The maximum atomic E-state index is 12.1. The van der Waals surface area contributed by atoms with Crippen LogP contribution in [0, 0.1) is 0 Å². The Labute approximate surface area is 145 Å². The van der Waals surface area contributed by atoms with Gasteiger partial charge in [-0.2, -0.15) is 5.10 Å². The first-order valence-electron chi connectivity index (χ1n) is 8.37. The fourth-order valence-corrected chi connectivity index (χ4v) is 2.95. The number of nitrogens with one attached hydrogen (secondary N) is 1. The molecule has 0 aliphatic carbocycles. The van der Waals surface area contributed by atoms with Crippen LogP contribution in [-0.4, -0.2) is 32.0 Å². The number of hydrogen-bond acceptors (Lipinski definition) is 6. The summed E-state index contributed by atoms with van der Waals surface area (Å²) in [5.41, 5.74) is 2.94. The van der Waals surface area contributed by atoms with E-state index in [9.17, 15) is 4.79 Å². The molecule has 1 N–H and O–H groups in total. The van der Waals surface area contributed by atoms with Crippen molar-refractivity contribution in [1.29, 1.82) is 0 Å². The normalized spacial score (nSPS) is 16.4. The molecule has 1 saturated heterocycles. The second kappa shape index (κ2) is 6.88. The third kappa shape index (κ3) is 3.45. The number of piperidine rings is 1. The molecule has 130 valence electrons. The van der Waals surface area contributed by atoms with E-state index in [0.717, 1.165) is 19.0 Å². The van der Waals surface area contributed by atoms with Crippen LogP contribution in [0.25, 0.3) is 0 Å². The third-order valence-electron chi connectivity index (χ3n) is 4.27. The number of furan rings is 1. The quantitative estimate of drug-likeness (QED) is 0.683. The van der Waals surface area contributed by atoms with E-state index in [2.05, 4.69) is 15.4 Å². The molecular formula is C18H19N3O4. The van der Waals surface area contributed by atoms with Crippen molar-refractivity contribution in [2.45, 2.75) is 19.3 Å². The first-order valence-corrected chi connectivity index (χ1v) is 8.37. The number of carbonyl (C=O) groups excluding carboxylic acids is 1. The molecule has 3 heterocycles. The van der Waals surface area contributed by atoms with Gasteiger partial charge in [-0.1, -0.05) is 0 Å². The molecule has 0 spiro atoms. The smallest absolute Gasteiger partial charge is 0.271 e. The lowest BCUT2D eigenvalue weighted by Gasteiger charge is -2.25. The van der Waals surface area contributed by atoms with Crippen LogP contribution in [0.2, 0.25) is 0 Å². The predicted octanol–water partition coefficient (Wildman–Crippen LogP) is 2.76. The lowest BCUT2D eigenvalue weighted by Crippen LogP contribution is -2.28.